The topological polar surface area (TPSA) is 55.7 Å². The summed E-state index contributed by atoms with van der Waals surface area (Å²) in [5.74, 6) is 0.684. The minimum absolute atomic E-state index is 0.270. The SMILES string of the molecule is OCC1CCN(c2ccc(Cl)cc2NCc2cccc(O)c2)CC1. The quantitative estimate of drug-likeness (QED) is 0.769. The van der Waals surface area contributed by atoms with Crippen LogP contribution in [0.1, 0.15) is 18.4 Å². The summed E-state index contributed by atoms with van der Waals surface area (Å²) in [6.07, 6.45) is 2.01. The van der Waals surface area contributed by atoms with Crippen molar-refractivity contribution in [1.29, 1.82) is 0 Å². The van der Waals surface area contributed by atoms with E-state index < -0.39 is 0 Å². The Kier molecular flexibility index (Phi) is 5.48. The Morgan fingerprint density at radius 3 is 2.62 bits per heavy atom. The van der Waals surface area contributed by atoms with Crippen LogP contribution in [0.3, 0.4) is 0 Å². The number of anilines is 2. The van der Waals surface area contributed by atoms with E-state index in [-0.39, 0.29) is 12.4 Å². The molecule has 0 aliphatic carbocycles. The van der Waals surface area contributed by atoms with Crippen LogP contribution in [0, 0.1) is 5.92 Å². The zero-order valence-electron chi connectivity index (χ0n) is 13.6. The minimum atomic E-state index is 0.270. The van der Waals surface area contributed by atoms with Gasteiger partial charge in [0.1, 0.15) is 5.75 Å². The Morgan fingerprint density at radius 1 is 1.12 bits per heavy atom. The van der Waals surface area contributed by atoms with Gasteiger partial charge in [0.05, 0.1) is 11.4 Å². The predicted octanol–water partition coefficient (Wildman–Crippen LogP) is 3.87. The highest BCUT2D eigenvalue weighted by Gasteiger charge is 2.20. The lowest BCUT2D eigenvalue weighted by Crippen LogP contribution is -2.35. The van der Waals surface area contributed by atoms with Gasteiger partial charge < -0.3 is 20.4 Å². The number of rotatable bonds is 5. The standard InChI is InChI=1S/C19H23ClN2O2/c20-16-4-5-19(22-8-6-14(13-23)7-9-22)18(11-16)21-12-15-2-1-3-17(24)10-15/h1-5,10-11,14,21,23-24H,6-9,12-13H2. The lowest BCUT2D eigenvalue weighted by molar-refractivity contribution is 0.203. The second kappa shape index (κ2) is 7.77. The molecule has 0 unspecified atom stereocenters. The number of benzene rings is 2. The summed E-state index contributed by atoms with van der Waals surface area (Å²) < 4.78 is 0. The highest BCUT2D eigenvalue weighted by Crippen LogP contribution is 2.32. The number of nitrogens with one attached hydrogen (secondary N) is 1. The van der Waals surface area contributed by atoms with Gasteiger partial charge in [0.2, 0.25) is 0 Å². The maximum Gasteiger partial charge on any atom is 0.115 e. The van der Waals surface area contributed by atoms with Crippen LogP contribution in [-0.2, 0) is 6.54 Å². The molecule has 2 aromatic carbocycles. The Balaban J connectivity index is 1.73. The van der Waals surface area contributed by atoms with E-state index in [0.29, 0.717) is 17.5 Å². The number of hydrogen-bond acceptors (Lipinski definition) is 4. The first-order chi connectivity index (χ1) is 11.7. The second-order valence-electron chi connectivity index (χ2n) is 6.30. The summed E-state index contributed by atoms with van der Waals surface area (Å²) in [6.45, 7) is 2.77. The Labute approximate surface area is 147 Å². The third-order valence-corrected chi connectivity index (χ3v) is 4.80. The molecule has 0 bridgehead atoms. The molecule has 24 heavy (non-hydrogen) atoms. The minimum Gasteiger partial charge on any atom is -0.508 e. The molecule has 1 aliphatic heterocycles. The van der Waals surface area contributed by atoms with Gasteiger partial charge >= 0.3 is 0 Å². The maximum atomic E-state index is 9.58. The van der Waals surface area contributed by atoms with Crippen LogP contribution < -0.4 is 10.2 Å². The Morgan fingerprint density at radius 2 is 1.92 bits per heavy atom. The van der Waals surface area contributed by atoms with Gasteiger partial charge in [-0.2, -0.15) is 0 Å². The summed E-state index contributed by atoms with van der Waals surface area (Å²) in [5.41, 5.74) is 3.14. The molecule has 0 aromatic heterocycles. The largest absolute Gasteiger partial charge is 0.508 e. The highest BCUT2D eigenvalue weighted by atomic mass is 35.5. The van der Waals surface area contributed by atoms with Gasteiger partial charge in [-0.3, -0.25) is 0 Å². The molecule has 4 nitrogen and oxygen atoms in total. The zero-order chi connectivity index (χ0) is 16.9. The fraction of sp³-hybridized carbons (Fsp3) is 0.368. The molecule has 5 heteroatoms. The van der Waals surface area contributed by atoms with Gasteiger partial charge in [-0.1, -0.05) is 23.7 Å². The lowest BCUT2D eigenvalue weighted by atomic mass is 9.97. The number of aromatic hydroxyl groups is 1. The van der Waals surface area contributed by atoms with Gasteiger partial charge in [0.15, 0.2) is 0 Å². The van der Waals surface area contributed by atoms with E-state index in [0.717, 1.165) is 42.9 Å². The number of phenolic OH excluding ortho intramolecular Hbond substituents is 1. The van der Waals surface area contributed by atoms with Crippen molar-refractivity contribution >= 4 is 23.0 Å². The van der Waals surface area contributed by atoms with E-state index in [1.165, 1.54) is 0 Å². The molecule has 0 amide bonds. The second-order valence-corrected chi connectivity index (χ2v) is 6.73. The van der Waals surface area contributed by atoms with E-state index in [1.54, 1.807) is 12.1 Å². The summed E-state index contributed by atoms with van der Waals surface area (Å²) >= 11 is 6.18. The zero-order valence-corrected chi connectivity index (χ0v) is 14.3. The van der Waals surface area contributed by atoms with Crippen LogP contribution in [0.4, 0.5) is 11.4 Å². The van der Waals surface area contributed by atoms with Crippen LogP contribution in [0.25, 0.3) is 0 Å². The van der Waals surface area contributed by atoms with Crippen molar-refractivity contribution in [3.63, 3.8) is 0 Å². The molecule has 0 radical (unpaired) electrons. The summed E-state index contributed by atoms with van der Waals surface area (Å²) in [5, 5.41) is 23.0. The van der Waals surface area contributed by atoms with Crippen molar-refractivity contribution in [1.82, 2.24) is 0 Å². The van der Waals surface area contributed by atoms with Crippen molar-refractivity contribution < 1.29 is 10.2 Å². The number of halogens is 1. The summed E-state index contributed by atoms with van der Waals surface area (Å²) in [7, 11) is 0. The first-order valence-corrected chi connectivity index (χ1v) is 8.70. The van der Waals surface area contributed by atoms with E-state index in [4.69, 9.17) is 11.6 Å². The molecule has 1 heterocycles. The van der Waals surface area contributed by atoms with E-state index >= 15 is 0 Å². The van der Waals surface area contributed by atoms with E-state index in [2.05, 4.69) is 10.2 Å². The predicted molar refractivity (Wildman–Crippen MR) is 98.9 cm³/mol. The van der Waals surface area contributed by atoms with Gasteiger partial charge in [0.25, 0.3) is 0 Å². The fourth-order valence-corrected chi connectivity index (χ4v) is 3.32. The first kappa shape index (κ1) is 16.9. The fourth-order valence-electron chi connectivity index (χ4n) is 3.15. The summed E-state index contributed by atoms with van der Waals surface area (Å²) in [4.78, 5) is 2.34. The van der Waals surface area contributed by atoms with Gasteiger partial charge in [-0.15, -0.1) is 0 Å². The molecule has 2 aromatic rings. The number of aliphatic hydroxyl groups excluding tert-OH is 1. The maximum absolute atomic E-state index is 9.58. The van der Waals surface area contributed by atoms with Gasteiger partial charge in [0, 0.05) is 31.3 Å². The summed E-state index contributed by atoms with van der Waals surface area (Å²) in [6, 6.07) is 13.1. The molecule has 128 valence electrons. The van der Waals surface area contributed by atoms with Crippen molar-refractivity contribution in [2.75, 3.05) is 29.9 Å². The van der Waals surface area contributed by atoms with E-state index in [9.17, 15) is 10.2 Å². The Bertz CT molecular complexity index is 685. The number of piperidine rings is 1. The first-order valence-electron chi connectivity index (χ1n) is 8.33. The average molecular weight is 347 g/mol. The van der Waals surface area contributed by atoms with Crippen molar-refractivity contribution in [3.8, 4) is 5.75 Å². The molecule has 0 atom stereocenters. The van der Waals surface area contributed by atoms with Crippen molar-refractivity contribution in [2.45, 2.75) is 19.4 Å². The Hall–Kier alpha value is -1.91. The van der Waals surface area contributed by atoms with Crippen LogP contribution in [0.15, 0.2) is 42.5 Å². The van der Waals surface area contributed by atoms with Crippen LogP contribution in [0.5, 0.6) is 5.75 Å². The molecule has 1 fully saturated rings. The lowest BCUT2D eigenvalue weighted by Gasteiger charge is -2.34. The van der Waals surface area contributed by atoms with Crippen molar-refractivity contribution in [3.05, 3.63) is 53.1 Å². The molecular weight excluding hydrogens is 324 g/mol. The number of aliphatic hydroxyl groups is 1. The highest BCUT2D eigenvalue weighted by molar-refractivity contribution is 6.31. The third-order valence-electron chi connectivity index (χ3n) is 4.57. The monoisotopic (exact) mass is 346 g/mol. The van der Waals surface area contributed by atoms with Gasteiger partial charge in [-0.05, 0) is 54.7 Å². The molecule has 1 aliphatic rings. The van der Waals surface area contributed by atoms with Crippen molar-refractivity contribution in [2.24, 2.45) is 5.92 Å². The molecule has 1 saturated heterocycles. The molecular formula is C19H23ClN2O2. The molecule has 3 N–H and O–H groups in total. The number of phenols is 1. The third kappa shape index (κ3) is 4.13. The molecule has 0 saturated carbocycles. The molecule has 3 rings (SSSR count). The van der Waals surface area contributed by atoms with E-state index in [1.807, 2.05) is 30.3 Å². The van der Waals surface area contributed by atoms with Crippen LogP contribution in [-0.4, -0.2) is 29.9 Å². The molecule has 0 spiro atoms. The number of hydrogen-bond donors (Lipinski definition) is 3. The normalized spacial score (nSPS) is 15.5. The van der Waals surface area contributed by atoms with Crippen LogP contribution in [0.2, 0.25) is 5.02 Å². The smallest absolute Gasteiger partial charge is 0.115 e. The van der Waals surface area contributed by atoms with Gasteiger partial charge in [-0.25, -0.2) is 0 Å². The average Bonchev–Trinajstić information content (AvgIpc) is 2.60. The van der Waals surface area contributed by atoms with Crippen LogP contribution >= 0.6 is 11.6 Å². The number of nitrogens with zero attached hydrogens (tertiary/aromatic N) is 1.